The predicted molar refractivity (Wildman–Crippen MR) is 139 cm³/mol. The van der Waals surface area contributed by atoms with Crippen LogP contribution in [-0.2, 0) is 0 Å². The maximum atomic E-state index is 14.4. The number of hydrogen-bond acceptors (Lipinski definition) is 6. The fraction of sp³-hybridized carbons (Fsp3) is 0.296. The van der Waals surface area contributed by atoms with Gasteiger partial charge in [-0.2, -0.15) is 5.10 Å². The first-order valence-corrected chi connectivity index (χ1v) is 12.7. The first kappa shape index (κ1) is 24.3. The number of halogens is 1. The summed E-state index contributed by atoms with van der Waals surface area (Å²) in [5, 5.41) is 21.9. The smallest absolute Gasteiger partial charge is 0.251 e. The van der Waals surface area contributed by atoms with Gasteiger partial charge >= 0.3 is 0 Å². The maximum Gasteiger partial charge on any atom is 0.251 e. The fourth-order valence-electron chi connectivity index (χ4n) is 3.84. The highest BCUT2D eigenvalue weighted by Crippen LogP contribution is 2.33. The molecule has 0 atom stereocenters. The van der Waals surface area contributed by atoms with E-state index < -0.39 is 5.60 Å². The molecule has 9 heteroatoms. The average molecular weight is 506 g/mol. The Hall–Kier alpha value is -3.43. The second-order valence-corrected chi connectivity index (χ2v) is 10.8. The summed E-state index contributed by atoms with van der Waals surface area (Å²) < 4.78 is 16.1. The summed E-state index contributed by atoms with van der Waals surface area (Å²) in [6.07, 6.45) is 3.80. The number of nitrogens with zero attached hydrogens (tertiary/aromatic N) is 3. The van der Waals surface area contributed by atoms with Crippen LogP contribution in [0.4, 0.5) is 10.1 Å². The van der Waals surface area contributed by atoms with Crippen LogP contribution in [0.5, 0.6) is 0 Å². The highest BCUT2D eigenvalue weighted by Gasteiger charge is 2.25. The van der Waals surface area contributed by atoms with Crippen molar-refractivity contribution < 1.29 is 14.3 Å². The third-order valence-corrected chi connectivity index (χ3v) is 6.85. The van der Waals surface area contributed by atoms with Crippen LogP contribution in [-0.4, -0.2) is 43.8 Å². The van der Waals surface area contributed by atoms with Crippen LogP contribution in [0.3, 0.4) is 0 Å². The van der Waals surface area contributed by atoms with E-state index >= 15 is 0 Å². The van der Waals surface area contributed by atoms with Crippen molar-refractivity contribution in [1.29, 1.82) is 0 Å². The quantitative estimate of drug-likeness (QED) is 0.310. The van der Waals surface area contributed by atoms with Crippen LogP contribution >= 0.6 is 11.8 Å². The molecule has 0 spiro atoms. The number of carbonyl (C=O) groups is 1. The fourth-order valence-corrected chi connectivity index (χ4v) is 4.68. The molecule has 0 bridgehead atoms. The molecule has 1 aliphatic rings. The molecule has 3 N–H and O–H groups in total. The van der Waals surface area contributed by atoms with Gasteiger partial charge in [-0.25, -0.2) is 13.9 Å². The number of carbonyl (C=O) groups excluding carboxylic acids is 1. The first-order chi connectivity index (χ1) is 17.2. The molecule has 1 amide bonds. The lowest BCUT2D eigenvalue weighted by Crippen LogP contribution is -2.29. The molecule has 2 aromatic carbocycles. The predicted octanol–water partition coefficient (Wildman–Crippen LogP) is 5.07. The number of aromatic nitrogens is 3. The molecular formula is C27H28FN5O2S. The Kier molecular flexibility index (Phi) is 6.44. The van der Waals surface area contributed by atoms with Crippen molar-refractivity contribution in [1.82, 2.24) is 19.9 Å². The number of rotatable bonds is 8. The highest BCUT2D eigenvalue weighted by atomic mass is 32.2. The number of anilines is 1. The summed E-state index contributed by atoms with van der Waals surface area (Å²) in [5.74, 6) is -0.378. The normalized spacial score (nSPS) is 13.7. The van der Waals surface area contributed by atoms with Crippen LogP contribution < -0.4 is 10.6 Å². The molecule has 0 aliphatic heterocycles. The summed E-state index contributed by atoms with van der Waals surface area (Å²) in [4.78, 5) is 17.6. The Morgan fingerprint density at radius 3 is 2.69 bits per heavy atom. The second kappa shape index (κ2) is 9.55. The summed E-state index contributed by atoms with van der Waals surface area (Å²) in [6, 6.07) is 14.3. The highest BCUT2D eigenvalue weighted by molar-refractivity contribution is 7.99. The van der Waals surface area contributed by atoms with Gasteiger partial charge in [0.15, 0.2) is 5.65 Å². The van der Waals surface area contributed by atoms with Gasteiger partial charge in [0.25, 0.3) is 5.91 Å². The molecule has 186 valence electrons. The molecule has 1 aliphatic carbocycles. The van der Waals surface area contributed by atoms with Crippen LogP contribution in [0.25, 0.3) is 16.9 Å². The zero-order valence-electron chi connectivity index (χ0n) is 20.4. The van der Waals surface area contributed by atoms with Gasteiger partial charge in [0.1, 0.15) is 10.8 Å². The molecule has 0 radical (unpaired) electrons. The van der Waals surface area contributed by atoms with E-state index in [9.17, 15) is 14.3 Å². The van der Waals surface area contributed by atoms with Crippen molar-refractivity contribution in [3.8, 4) is 11.3 Å². The van der Waals surface area contributed by atoms with E-state index in [1.165, 1.54) is 17.8 Å². The third-order valence-electron chi connectivity index (χ3n) is 5.89. The first-order valence-electron chi connectivity index (χ1n) is 11.9. The minimum absolute atomic E-state index is 0.0560. The van der Waals surface area contributed by atoms with E-state index in [2.05, 4.69) is 15.6 Å². The SMILES string of the molecule is Cc1cc(-c2cnc3c(NCC(C)(C)O)cc(Sc4ccccc4F)nn23)ccc1C(=O)NC1CC1. The van der Waals surface area contributed by atoms with Gasteiger partial charge in [0.05, 0.1) is 23.2 Å². The molecular weight excluding hydrogens is 477 g/mol. The van der Waals surface area contributed by atoms with Crippen molar-refractivity contribution in [3.63, 3.8) is 0 Å². The molecule has 2 heterocycles. The van der Waals surface area contributed by atoms with Crippen molar-refractivity contribution >= 4 is 29.0 Å². The molecule has 0 saturated heterocycles. The lowest BCUT2D eigenvalue weighted by atomic mass is 10.0. The van der Waals surface area contributed by atoms with Crippen molar-refractivity contribution in [2.75, 3.05) is 11.9 Å². The molecule has 0 unspecified atom stereocenters. The average Bonchev–Trinajstić information content (AvgIpc) is 3.53. The Labute approximate surface area is 213 Å². The van der Waals surface area contributed by atoms with E-state index in [1.807, 2.05) is 31.2 Å². The van der Waals surface area contributed by atoms with Crippen LogP contribution in [0.2, 0.25) is 0 Å². The molecule has 36 heavy (non-hydrogen) atoms. The molecule has 7 nitrogen and oxygen atoms in total. The number of aliphatic hydroxyl groups is 1. The number of benzene rings is 2. The van der Waals surface area contributed by atoms with Crippen LogP contribution in [0.15, 0.2) is 64.6 Å². The molecule has 5 rings (SSSR count). The zero-order valence-corrected chi connectivity index (χ0v) is 21.2. The summed E-state index contributed by atoms with van der Waals surface area (Å²) in [5.41, 5.74) is 3.42. The van der Waals surface area contributed by atoms with Gasteiger partial charge in [0.2, 0.25) is 0 Å². The van der Waals surface area contributed by atoms with Crippen molar-refractivity contribution in [2.45, 2.75) is 55.2 Å². The Bertz CT molecular complexity index is 1440. The number of hydrogen-bond donors (Lipinski definition) is 3. The Morgan fingerprint density at radius 1 is 1.22 bits per heavy atom. The summed E-state index contributed by atoms with van der Waals surface area (Å²) in [7, 11) is 0. The molecule has 4 aromatic rings. The van der Waals surface area contributed by atoms with E-state index in [1.54, 1.807) is 42.8 Å². The Morgan fingerprint density at radius 2 is 2.00 bits per heavy atom. The van der Waals surface area contributed by atoms with Crippen molar-refractivity contribution in [3.05, 3.63) is 71.7 Å². The number of fused-ring (bicyclic) bond motifs is 1. The largest absolute Gasteiger partial charge is 0.389 e. The van der Waals surface area contributed by atoms with E-state index in [4.69, 9.17) is 5.10 Å². The lowest BCUT2D eigenvalue weighted by Gasteiger charge is -2.19. The molecule has 1 fully saturated rings. The second-order valence-electron chi connectivity index (χ2n) is 9.75. The molecule has 2 aromatic heterocycles. The van der Waals surface area contributed by atoms with Crippen molar-refractivity contribution in [2.24, 2.45) is 0 Å². The van der Waals surface area contributed by atoms with Crippen LogP contribution in [0.1, 0.15) is 42.6 Å². The van der Waals surface area contributed by atoms with Gasteiger partial charge in [-0.1, -0.05) is 30.0 Å². The van der Waals surface area contributed by atoms with E-state index in [0.717, 1.165) is 29.7 Å². The summed E-state index contributed by atoms with van der Waals surface area (Å²) in [6.45, 7) is 5.64. The minimum atomic E-state index is -0.942. The van der Waals surface area contributed by atoms with Crippen LogP contribution in [0, 0.1) is 12.7 Å². The van der Waals surface area contributed by atoms with Gasteiger partial charge in [-0.05, 0) is 69.5 Å². The number of amides is 1. The monoisotopic (exact) mass is 505 g/mol. The number of aryl methyl sites for hydroxylation is 1. The van der Waals surface area contributed by atoms with Gasteiger partial charge in [-0.3, -0.25) is 4.79 Å². The number of imidazole rings is 1. The number of nitrogens with one attached hydrogen (secondary N) is 2. The standard InChI is InChI=1S/C27H28FN5O2S/c1-16-12-17(8-11-19(16)26(34)31-18-9-10-18)22-14-29-25-21(30-15-27(2,3)35)13-24(32-33(22)25)36-23-7-5-4-6-20(23)28/h4-8,11-14,18,30,35H,9-10,15H2,1-3H3,(H,31,34). The van der Waals surface area contributed by atoms with E-state index in [-0.39, 0.29) is 11.7 Å². The van der Waals surface area contributed by atoms with E-state index in [0.29, 0.717) is 39.4 Å². The third kappa shape index (κ3) is 5.37. The topological polar surface area (TPSA) is 91.6 Å². The van der Waals surface area contributed by atoms with Gasteiger partial charge in [0, 0.05) is 28.6 Å². The Balaban J connectivity index is 1.54. The van der Waals surface area contributed by atoms with Gasteiger partial charge < -0.3 is 15.7 Å². The summed E-state index contributed by atoms with van der Waals surface area (Å²) >= 11 is 1.21. The zero-order chi connectivity index (χ0) is 25.4. The maximum absolute atomic E-state index is 14.4. The lowest BCUT2D eigenvalue weighted by molar-refractivity contribution is 0.0940. The van der Waals surface area contributed by atoms with Gasteiger partial charge in [-0.15, -0.1) is 0 Å². The molecule has 1 saturated carbocycles. The minimum Gasteiger partial charge on any atom is -0.389 e.